The van der Waals surface area contributed by atoms with Gasteiger partial charge >= 0.3 is 66.0 Å². The maximum absolute atomic E-state index is 12.7. The van der Waals surface area contributed by atoms with Gasteiger partial charge in [0, 0.05) is 109 Å². The molecule has 0 bridgehead atoms. The molecule has 0 saturated carbocycles. The Balaban J connectivity index is -0.000000201. The number of ether oxygens (including phenoxy) is 19. The average molecular weight is 1750 g/mol. The number of benzene rings is 1. The summed E-state index contributed by atoms with van der Waals surface area (Å²) in [5.74, 6) is -3.90. The first-order valence-corrected chi connectivity index (χ1v) is 35.7. The SMILES string of the molecule is C=C(C)C.CC(C)=O.CCOC(=O)C(C)(COC)COC(C)=O.CCOC(=O)C(C)(COC)COC(C)=O.COCC(C)(COC(C)=O)C(=O)OCCC[N+](C)(C)C.COCC(C)(COC(C)=O)C(=O)OCCC[N+](C)(C)C.COCCCOC(=O)OCC(C)(COC(=O)OCCCOC)C(=O)OCc1ccccc1.[Br-].[Br-]. The number of quaternary nitrogens is 2. The van der Waals surface area contributed by atoms with E-state index in [4.69, 9.17) is 90.0 Å². The summed E-state index contributed by atoms with van der Waals surface area (Å²) in [6.07, 6.45) is 0.660. The van der Waals surface area contributed by atoms with Crippen molar-refractivity contribution in [3.63, 3.8) is 0 Å². The Labute approximate surface area is 687 Å². The summed E-state index contributed by atoms with van der Waals surface area (Å²) < 4.78 is 96.3. The minimum Gasteiger partial charge on any atom is -1.00 e. The lowest BCUT2D eigenvalue weighted by molar-refractivity contribution is -0.870. The molecular weight excluding hydrogens is 1610 g/mol. The van der Waals surface area contributed by atoms with E-state index < -0.39 is 106 Å². The van der Waals surface area contributed by atoms with E-state index in [-0.39, 0.29) is 126 Å². The van der Waals surface area contributed by atoms with Crippen molar-refractivity contribution in [3.05, 3.63) is 48.0 Å². The van der Waals surface area contributed by atoms with Crippen molar-refractivity contribution in [2.24, 2.45) is 27.1 Å². The first-order valence-electron chi connectivity index (χ1n) is 35.7. The molecule has 0 aliphatic carbocycles. The second-order valence-corrected chi connectivity index (χ2v) is 28.7. The van der Waals surface area contributed by atoms with Gasteiger partial charge in [-0.3, -0.25) is 43.2 Å². The molecule has 0 aliphatic rings. The molecule has 0 N–H and O–H groups in total. The molecule has 1 aromatic rings. The van der Waals surface area contributed by atoms with Gasteiger partial charge in [0.25, 0.3) is 0 Å². The van der Waals surface area contributed by atoms with Crippen molar-refractivity contribution >= 4 is 71.8 Å². The number of methoxy groups -OCH3 is 6. The van der Waals surface area contributed by atoms with Crippen LogP contribution in [-0.4, -0.2) is 298 Å². The molecule has 0 heterocycles. The summed E-state index contributed by atoms with van der Waals surface area (Å²) in [6, 6.07) is 9.06. The zero-order valence-corrected chi connectivity index (χ0v) is 75.2. The maximum Gasteiger partial charge on any atom is 0.508 e. The van der Waals surface area contributed by atoms with Gasteiger partial charge in [0.05, 0.1) is 121 Å². The number of carbonyl (C=O) groups is 12. The van der Waals surface area contributed by atoms with Gasteiger partial charge in [0.1, 0.15) is 79.1 Å². The van der Waals surface area contributed by atoms with E-state index in [0.717, 1.165) is 40.5 Å². The lowest BCUT2D eigenvalue weighted by Crippen LogP contribution is -3.00. The topological polar surface area (TPSA) is 380 Å². The van der Waals surface area contributed by atoms with Crippen LogP contribution in [0.1, 0.15) is 135 Å². The lowest BCUT2D eigenvalue weighted by Gasteiger charge is -2.27. The van der Waals surface area contributed by atoms with Crippen molar-refractivity contribution in [2.45, 2.75) is 136 Å². The standard InChI is InChI=1S/C22H32O10.2C14H28NO5.2C10H18O5.C4H8.C3H6O.2BrH/c1-22(16-31-20(24)28-13-7-11-26-2,17-32-21(25)29-14-8-12-27-3)19(23)30-15-18-9-5-4-6-10-18;2*1-12(16)20-11-14(2,10-18-6)13(17)19-9-7-8-15(3,4)5;2*1-5-14-9(12)10(3,6-13-4)7-15-8(2)11;1-4(2)3;1-3(2)4;;/h4-6,9-10H,7-8,11-17H2,1-3H3;2*7-11H2,1-6H3;2*5-7H2,1-4H3;1H2,2-3H3;1-2H3;2*1H/q;2*+1;;;;;;/p-2. The molecule has 0 aromatic heterocycles. The maximum atomic E-state index is 12.7. The van der Waals surface area contributed by atoms with Gasteiger partial charge in [-0.1, -0.05) is 35.9 Å². The zero-order chi connectivity index (χ0) is 86.2. The van der Waals surface area contributed by atoms with Gasteiger partial charge < -0.3 is 138 Å². The molecular formula is C77H138Br2N2O31. The molecule has 33 nitrogen and oxygen atoms in total. The molecule has 0 amide bonds. The van der Waals surface area contributed by atoms with Crippen LogP contribution >= 0.6 is 0 Å². The molecule has 112 heavy (non-hydrogen) atoms. The number of rotatable bonds is 45. The van der Waals surface area contributed by atoms with E-state index in [1.54, 1.807) is 53.7 Å². The van der Waals surface area contributed by atoms with E-state index in [0.29, 0.717) is 39.3 Å². The second kappa shape index (κ2) is 69.5. The largest absolute Gasteiger partial charge is 1.00 e. The minimum absolute atomic E-state index is 0. The molecule has 4 unspecified atom stereocenters. The third-order valence-corrected chi connectivity index (χ3v) is 13.3. The molecule has 4 atom stereocenters. The van der Waals surface area contributed by atoms with Gasteiger partial charge in [0.2, 0.25) is 0 Å². The molecule has 1 rings (SSSR count). The van der Waals surface area contributed by atoms with Crippen molar-refractivity contribution in [1.82, 2.24) is 0 Å². The van der Waals surface area contributed by atoms with Crippen molar-refractivity contribution in [2.75, 3.05) is 217 Å². The normalized spacial score (nSPS) is 12.5. The Morgan fingerprint density at radius 2 is 0.554 bits per heavy atom. The minimum atomic E-state index is -1.47. The van der Waals surface area contributed by atoms with Crippen LogP contribution in [0.4, 0.5) is 9.59 Å². The van der Waals surface area contributed by atoms with Gasteiger partial charge in [0.15, 0.2) is 0 Å². The first kappa shape index (κ1) is 121. The highest BCUT2D eigenvalue weighted by Gasteiger charge is 2.41. The second-order valence-electron chi connectivity index (χ2n) is 28.7. The molecule has 0 saturated heterocycles. The van der Waals surface area contributed by atoms with Gasteiger partial charge in [-0.25, -0.2) is 9.59 Å². The fourth-order valence-corrected chi connectivity index (χ4v) is 7.62. The van der Waals surface area contributed by atoms with Crippen LogP contribution in [0.25, 0.3) is 0 Å². The number of hydrogen-bond acceptors (Lipinski definition) is 31. The summed E-state index contributed by atoms with van der Waals surface area (Å²) >= 11 is 0. The summed E-state index contributed by atoms with van der Waals surface area (Å²) in [7, 11) is 21.5. The third-order valence-electron chi connectivity index (χ3n) is 13.3. The number of Topliss-reactive ketones (excluding diaryl/α,β-unsaturated/α-hetero) is 1. The van der Waals surface area contributed by atoms with Gasteiger partial charge in [-0.05, 0) is 81.7 Å². The predicted molar refractivity (Wildman–Crippen MR) is 405 cm³/mol. The Hall–Kier alpha value is -6.96. The van der Waals surface area contributed by atoms with Crippen LogP contribution in [0.15, 0.2) is 42.5 Å². The quantitative estimate of drug-likeness (QED) is 0.0297. The van der Waals surface area contributed by atoms with Crippen molar-refractivity contribution < 1.29 is 190 Å². The summed E-state index contributed by atoms with van der Waals surface area (Å²) in [5, 5.41) is 0. The molecule has 656 valence electrons. The fraction of sp³-hybridized carbons (Fsp3) is 0.740. The highest BCUT2D eigenvalue weighted by Crippen LogP contribution is 2.25. The smallest absolute Gasteiger partial charge is 0.508 e. The number of allylic oxidation sites excluding steroid dienone is 1. The van der Waals surface area contributed by atoms with Crippen molar-refractivity contribution in [1.29, 1.82) is 0 Å². The van der Waals surface area contributed by atoms with Crippen LogP contribution in [-0.2, 0) is 145 Å². The number of carbonyl (C=O) groups excluding carboxylic acids is 12. The number of esters is 9. The molecule has 0 radical (unpaired) electrons. The van der Waals surface area contributed by atoms with E-state index in [9.17, 15) is 57.5 Å². The highest BCUT2D eigenvalue weighted by molar-refractivity contribution is 5.80. The monoisotopic (exact) mass is 1740 g/mol. The first-order chi connectivity index (χ1) is 51.0. The Bertz CT molecular complexity index is 2610. The number of halogens is 2. The summed E-state index contributed by atoms with van der Waals surface area (Å²) in [6.45, 7) is 31.1. The third kappa shape index (κ3) is 72.0. The van der Waals surface area contributed by atoms with Gasteiger partial charge in [-0.15, -0.1) is 6.58 Å². The van der Waals surface area contributed by atoms with Crippen LogP contribution in [0.3, 0.4) is 0 Å². The summed E-state index contributed by atoms with van der Waals surface area (Å²) in [5.41, 5.74) is -3.31. The van der Waals surface area contributed by atoms with E-state index in [1.165, 1.54) is 96.7 Å². The Kier molecular flexibility index (Phi) is 75.0. The van der Waals surface area contributed by atoms with E-state index in [2.05, 4.69) is 48.9 Å². The number of ketones is 1. The fourth-order valence-electron chi connectivity index (χ4n) is 7.62. The summed E-state index contributed by atoms with van der Waals surface area (Å²) in [4.78, 5) is 136. The molecule has 0 aliphatic heterocycles. The van der Waals surface area contributed by atoms with Crippen LogP contribution in [0.5, 0.6) is 0 Å². The van der Waals surface area contributed by atoms with Crippen LogP contribution in [0.2, 0.25) is 0 Å². The van der Waals surface area contributed by atoms with Gasteiger partial charge in [-0.2, -0.15) is 0 Å². The average Bonchev–Trinajstić information content (AvgIpc) is 0.814. The molecule has 1 aromatic carbocycles. The van der Waals surface area contributed by atoms with E-state index >= 15 is 0 Å². The van der Waals surface area contributed by atoms with Crippen LogP contribution in [0, 0.1) is 27.1 Å². The zero-order valence-electron chi connectivity index (χ0n) is 72.1. The highest BCUT2D eigenvalue weighted by atomic mass is 79.9. The lowest BCUT2D eigenvalue weighted by atomic mass is 9.93. The molecule has 35 heteroatoms. The number of nitrogens with zero attached hydrogens (tertiary/aromatic N) is 2. The molecule has 0 spiro atoms. The molecule has 0 fully saturated rings. The predicted octanol–water partition coefficient (Wildman–Crippen LogP) is 2.52. The van der Waals surface area contributed by atoms with Crippen LogP contribution < -0.4 is 34.0 Å². The Morgan fingerprint density at radius 3 is 0.786 bits per heavy atom. The number of hydrogen-bond donors (Lipinski definition) is 0. The van der Waals surface area contributed by atoms with E-state index in [1.807, 2.05) is 32.0 Å². The Morgan fingerprint density at radius 1 is 0.321 bits per heavy atom. The van der Waals surface area contributed by atoms with Crippen molar-refractivity contribution in [3.8, 4) is 0 Å².